The predicted molar refractivity (Wildman–Crippen MR) is 133 cm³/mol. The van der Waals surface area contributed by atoms with Gasteiger partial charge in [0.05, 0.1) is 34.1 Å². The molecule has 7 heteroatoms. The third-order valence-corrected chi connectivity index (χ3v) is 5.91. The normalized spacial score (nSPS) is 11.5. The SMILES string of the molecule is COc1ccc(-c2[nH]c(C=C(C(=O)O)c3ccc(C)cc3)nc2-c2ccc(Cl)c(Cl)c2)cc1. The lowest BCUT2D eigenvalue weighted by Crippen LogP contribution is -2.00. The molecule has 0 saturated heterocycles. The number of carboxylic acid groups (broad SMARTS) is 1. The number of hydrogen-bond acceptors (Lipinski definition) is 3. The van der Waals surface area contributed by atoms with Crippen molar-refractivity contribution in [3.8, 4) is 28.3 Å². The maximum atomic E-state index is 12.0. The fraction of sp³-hybridized carbons (Fsp3) is 0.0769. The highest BCUT2D eigenvalue weighted by Gasteiger charge is 2.17. The van der Waals surface area contributed by atoms with Crippen molar-refractivity contribution in [3.63, 3.8) is 0 Å². The number of ether oxygens (including phenoxy) is 1. The molecule has 0 fully saturated rings. The molecule has 0 aliphatic carbocycles. The Kier molecular flexibility index (Phi) is 6.54. The lowest BCUT2D eigenvalue weighted by molar-refractivity contribution is -0.130. The van der Waals surface area contributed by atoms with Crippen molar-refractivity contribution in [2.45, 2.75) is 6.92 Å². The standard InChI is InChI=1S/C26H20Cl2N2O3/c1-15-3-5-16(6-4-15)20(26(31)32)14-23-29-24(17-7-10-19(33-2)11-8-17)25(30-23)18-9-12-21(27)22(28)13-18/h3-14H,1-2H3,(H,29,30)(H,31,32). The minimum Gasteiger partial charge on any atom is -0.497 e. The Bertz CT molecular complexity index is 1340. The van der Waals surface area contributed by atoms with Gasteiger partial charge in [0.25, 0.3) is 0 Å². The molecule has 0 aliphatic rings. The van der Waals surface area contributed by atoms with Gasteiger partial charge in [0, 0.05) is 11.1 Å². The molecule has 5 nitrogen and oxygen atoms in total. The Morgan fingerprint density at radius 2 is 1.64 bits per heavy atom. The van der Waals surface area contributed by atoms with Gasteiger partial charge in [0.15, 0.2) is 0 Å². The van der Waals surface area contributed by atoms with E-state index in [1.54, 1.807) is 31.4 Å². The summed E-state index contributed by atoms with van der Waals surface area (Å²) < 4.78 is 5.26. The van der Waals surface area contributed by atoms with Crippen LogP contribution in [0.4, 0.5) is 0 Å². The number of carboxylic acids is 1. The van der Waals surface area contributed by atoms with Crippen molar-refractivity contribution >= 4 is 40.8 Å². The van der Waals surface area contributed by atoms with E-state index in [1.807, 2.05) is 49.4 Å². The van der Waals surface area contributed by atoms with Crippen molar-refractivity contribution in [2.75, 3.05) is 7.11 Å². The van der Waals surface area contributed by atoms with E-state index >= 15 is 0 Å². The van der Waals surface area contributed by atoms with Gasteiger partial charge in [-0.25, -0.2) is 9.78 Å². The Morgan fingerprint density at radius 1 is 0.970 bits per heavy atom. The number of imidazole rings is 1. The topological polar surface area (TPSA) is 75.2 Å². The number of carbonyl (C=O) groups is 1. The summed E-state index contributed by atoms with van der Waals surface area (Å²) >= 11 is 12.3. The van der Waals surface area contributed by atoms with Crippen LogP contribution in [0.25, 0.3) is 34.2 Å². The van der Waals surface area contributed by atoms with E-state index < -0.39 is 5.97 Å². The summed E-state index contributed by atoms with van der Waals surface area (Å²) in [6.45, 7) is 1.95. The molecule has 1 aromatic heterocycles. The van der Waals surface area contributed by atoms with Crippen molar-refractivity contribution in [1.29, 1.82) is 0 Å². The van der Waals surface area contributed by atoms with Crippen molar-refractivity contribution in [1.82, 2.24) is 9.97 Å². The highest BCUT2D eigenvalue weighted by Crippen LogP contribution is 2.35. The average Bonchev–Trinajstić information content (AvgIpc) is 3.24. The van der Waals surface area contributed by atoms with Crippen LogP contribution in [0.15, 0.2) is 66.7 Å². The van der Waals surface area contributed by atoms with Crippen molar-refractivity contribution in [3.05, 3.63) is 93.7 Å². The fourth-order valence-corrected chi connectivity index (χ4v) is 3.72. The smallest absolute Gasteiger partial charge is 0.336 e. The van der Waals surface area contributed by atoms with E-state index in [1.165, 1.54) is 6.08 Å². The Morgan fingerprint density at radius 3 is 2.24 bits per heavy atom. The molecule has 0 radical (unpaired) electrons. The second-order valence-electron chi connectivity index (χ2n) is 7.43. The maximum absolute atomic E-state index is 12.0. The number of methoxy groups -OCH3 is 1. The number of benzene rings is 3. The minimum atomic E-state index is -1.04. The first-order valence-electron chi connectivity index (χ1n) is 10.1. The van der Waals surface area contributed by atoms with Crippen LogP contribution in [0.5, 0.6) is 5.75 Å². The number of nitrogens with one attached hydrogen (secondary N) is 1. The molecule has 0 bridgehead atoms. The van der Waals surface area contributed by atoms with Gasteiger partial charge in [-0.2, -0.15) is 0 Å². The second kappa shape index (κ2) is 9.53. The van der Waals surface area contributed by atoms with E-state index in [4.69, 9.17) is 32.9 Å². The molecule has 33 heavy (non-hydrogen) atoms. The van der Waals surface area contributed by atoms with E-state index in [-0.39, 0.29) is 5.57 Å². The molecule has 0 amide bonds. The maximum Gasteiger partial charge on any atom is 0.336 e. The number of aromatic amines is 1. The van der Waals surface area contributed by atoms with Crippen LogP contribution in [-0.2, 0) is 4.79 Å². The summed E-state index contributed by atoms with van der Waals surface area (Å²) in [5, 5.41) is 10.7. The Hall–Kier alpha value is -3.54. The molecule has 0 spiro atoms. The zero-order valence-electron chi connectivity index (χ0n) is 17.9. The zero-order chi connectivity index (χ0) is 23.5. The summed E-state index contributed by atoms with van der Waals surface area (Å²) in [7, 11) is 1.60. The molecule has 0 unspecified atom stereocenters. The lowest BCUT2D eigenvalue weighted by atomic mass is 10.0. The molecule has 2 N–H and O–H groups in total. The number of aromatic nitrogens is 2. The van der Waals surface area contributed by atoms with Gasteiger partial charge in [-0.3, -0.25) is 0 Å². The summed E-state index contributed by atoms with van der Waals surface area (Å²) in [6.07, 6.45) is 1.53. The Balaban J connectivity index is 1.87. The van der Waals surface area contributed by atoms with E-state index in [2.05, 4.69) is 4.98 Å². The monoisotopic (exact) mass is 478 g/mol. The molecule has 1 heterocycles. The van der Waals surface area contributed by atoms with Gasteiger partial charge in [-0.15, -0.1) is 0 Å². The number of aliphatic carboxylic acids is 1. The quantitative estimate of drug-likeness (QED) is 0.292. The molecular formula is C26H20Cl2N2O3. The largest absolute Gasteiger partial charge is 0.497 e. The van der Waals surface area contributed by atoms with Gasteiger partial charge < -0.3 is 14.8 Å². The van der Waals surface area contributed by atoms with Crippen LogP contribution >= 0.6 is 23.2 Å². The fourth-order valence-electron chi connectivity index (χ4n) is 3.42. The summed E-state index contributed by atoms with van der Waals surface area (Å²) in [5.41, 5.74) is 4.71. The number of halogens is 2. The molecular weight excluding hydrogens is 459 g/mol. The lowest BCUT2D eigenvalue weighted by Gasteiger charge is -2.06. The summed E-state index contributed by atoms with van der Waals surface area (Å²) in [5.74, 6) is 0.0826. The number of H-pyrrole nitrogens is 1. The van der Waals surface area contributed by atoms with Crippen LogP contribution < -0.4 is 4.74 Å². The first-order chi connectivity index (χ1) is 15.9. The molecule has 4 aromatic rings. The minimum absolute atomic E-state index is 0.130. The van der Waals surface area contributed by atoms with Gasteiger partial charge in [-0.05, 0) is 55.0 Å². The van der Waals surface area contributed by atoms with Gasteiger partial charge in [0.2, 0.25) is 0 Å². The first-order valence-corrected chi connectivity index (χ1v) is 10.8. The third kappa shape index (κ3) is 4.95. The van der Waals surface area contributed by atoms with Crippen LogP contribution in [-0.4, -0.2) is 28.2 Å². The number of aryl methyl sites for hydroxylation is 1. The molecule has 4 rings (SSSR count). The third-order valence-electron chi connectivity index (χ3n) is 5.17. The van der Waals surface area contributed by atoms with Gasteiger partial charge >= 0.3 is 5.97 Å². The highest BCUT2D eigenvalue weighted by molar-refractivity contribution is 6.42. The molecule has 0 atom stereocenters. The molecule has 0 aliphatic heterocycles. The van der Waals surface area contributed by atoms with Crippen LogP contribution in [0, 0.1) is 6.92 Å². The van der Waals surface area contributed by atoms with Gasteiger partial charge in [0.1, 0.15) is 11.6 Å². The van der Waals surface area contributed by atoms with Gasteiger partial charge in [-0.1, -0.05) is 59.1 Å². The zero-order valence-corrected chi connectivity index (χ0v) is 19.4. The number of hydrogen-bond donors (Lipinski definition) is 2. The van der Waals surface area contributed by atoms with Crippen LogP contribution in [0.1, 0.15) is 17.0 Å². The van der Waals surface area contributed by atoms with E-state index in [0.29, 0.717) is 27.1 Å². The summed E-state index contributed by atoms with van der Waals surface area (Å²) in [6, 6.07) is 20.1. The first kappa shape index (κ1) is 22.6. The number of nitrogens with zero attached hydrogens (tertiary/aromatic N) is 1. The van der Waals surface area contributed by atoms with E-state index in [0.717, 1.165) is 28.1 Å². The van der Waals surface area contributed by atoms with Crippen molar-refractivity contribution in [2.24, 2.45) is 0 Å². The predicted octanol–water partition coefficient (Wildman–Crippen LogP) is 6.99. The van der Waals surface area contributed by atoms with Crippen LogP contribution in [0.2, 0.25) is 10.0 Å². The van der Waals surface area contributed by atoms with Crippen LogP contribution in [0.3, 0.4) is 0 Å². The molecule has 0 saturated carbocycles. The highest BCUT2D eigenvalue weighted by atomic mass is 35.5. The summed E-state index contributed by atoms with van der Waals surface area (Å²) in [4.78, 5) is 20.0. The molecule has 3 aromatic carbocycles. The van der Waals surface area contributed by atoms with Crippen molar-refractivity contribution < 1.29 is 14.6 Å². The average molecular weight is 479 g/mol. The number of rotatable bonds is 6. The van der Waals surface area contributed by atoms with E-state index in [9.17, 15) is 9.90 Å². The Labute approximate surface area is 201 Å². The molecule has 166 valence electrons. The second-order valence-corrected chi connectivity index (χ2v) is 8.25.